The lowest BCUT2D eigenvalue weighted by molar-refractivity contribution is -0.111. The van der Waals surface area contributed by atoms with Gasteiger partial charge in [0.15, 0.2) is 0 Å². The van der Waals surface area contributed by atoms with Gasteiger partial charge >= 0.3 is 5.91 Å². The Labute approximate surface area is 94.2 Å². The van der Waals surface area contributed by atoms with E-state index in [9.17, 15) is 4.79 Å². The van der Waals surface area contributed by atoms with E-state index >= 15 is 0 Å². The molecule has 1 rings (SSSR count). The second-order valence-corrected chi connectivity index (χ2v) is 3.11. The van der Waals surface area contributed by atoms with Gasteiger partial charge in [-0.1, -0.05) is 11.6 Å². The van der Waals surface area contributed by atoms with Crippen LogP contribution in [0.4, 0.5) is 5.95 Å². The van der Waals surface area contributed by atoms with Gasteiger partial charge in [-0.2, -0.15) is 0 Å². The Bertz CT molecular complexity index is 404. The molecule has 1 aromatic rings. The van der Waals surface area contributed by atoms with Crippen molar-refractivity contribution in [3.8, 4) is 10.8 Å². The van der Waals surface area contributed by atoms with Crippen molar-refractivity contribution >= 4 is 39.4 Å². The number of aromatic nitrogens is 2. The second-order valence-electron chi connectivity index (χ2n) is 2.33. The number of anilines is 1. The monoisotopic (exact) mass is 273 g/mol. The average Bonchev–Trinajstić information content (AvgIpc) is 2.01. The zero-order valence-electron chi connectivity index (χ0n) is 7.14. The molecule has 0 bridgehead atoms. The molecule has 0 saturated carbocycles. The molecule has 0 aliphatic rings. The molecular weight excluding hydrogens is 269 g/mol. The van der Waals surface area contributed by atoms with Gasteiger partial charge in [0.25, 0.3) is 0 Å². The summed E-state index contributed by atoms with van der Waals surface area (Å²) in [6, 6.07) is 1.59. The molecule has 0 unspecified atom stereocenters. The van der Waals surface area contributed by atoms with Crippen LogP contribution in [0.1, 0.15) is 5.69 Å². The fourth-order valence-electron chi connectivity index (χ4n) is 0.762. The standard InChI is InChI=1S/C8H5BrClN3O/c1-5-4-6(10)12-8(11-5)13-7(14)2-3-9/h4H,1H3,(H,11,12,13,14). The lowest BCUT2D eigenvalue weighted by Gasteiger charge is -2.00. The molecule has 1 heterocycles. The van der Waals surface area contributed by atoms with Gasteiger partial charge in [-0.3, -0.25) is 10.1 Å². The predicted molar refractivity (Wildman–Crippen MR) is 57.1 cm³/mol. The van der Waals surface area contributed by atoms with Gasteiger partial charge in [0, 0.05) is 27.5 Å². The van der Waals surface area contributed by atoms with Crippen LogP contribution in [0.25, 0.3) is 0 Å². The molecule has 1 amide bonds. The molecule has 14 heavy (non-hydrogen) atoms. The average molecular weight is 275 g/mol. The smallest absolute Gasteiger partial charge is 0.283 e. The summed E-state index contributed by atoms with van der Waals surface area (Å²) in [7, 11) is 0. The minimum Gasteiger partial charge on any atom is -0.283 e. The van der Waals surface area contributed by atoms with Crippen molar-refractivity contribution in [3.05, 3.63) is 16.9 Å². The molecule has 4 nitrogen and oxygen atoms in total. The number of rotatable bonds is 1. The number of nitrogens with zero attached hydrogens (tertiary/aromatic N) is 2. The third-order valence-electron chi connectivity index (χ3n) is 1.21. The van der Waals surface area contributed by atoms with Gasteiger partial charge in [0.1, 0.15) is 5.15 Å². The maximum atomic E-state index is 11.0. The maximum Gasteiger partial charge on any atom is 0.303 e. The lowest BCUT2D eigenvalue weighted by Crippen LogP contribution is -2.11. The van der Waals surface area contributed by atoms with Gasteiger partial charge in [-0.25, -0.2) is 9.97 Å². The van der Waals surface area contributed by atoms with E-state index in [4.69, 9.17) is 11.6 Å². The van der Waals surface area contributed by atoms with Crippen molar-refractivity contribution in [2.45, 2.75) is 6.92 Å². The Morgan fingerprint density at radius 1 is 1.64 bits per heavy atom. The summed E-state index contributed by atoms with van der Waals surface area (Å²) in [5, 5.41) is 2.65. The van der Waals surface area contributed by atoms with E-state index in [1.807, 2.05) is 0 Å². The van der Waals surface area contributed by atoms with E-state index in [-0.39, 0.29) is 11.1 Å². The highest BCUT2D eigenvalue weighted by Crippen LogP contribution is 2.09. The van der Waals surface area contributed by atoms with E-state index in [2.05, 4.69) is 42.0 Å². The number of aryl methyl sites for hydroxylation is 1. The molecule has 0 aromatic carbocycles. The summed E-state index contributed by atoms with van der Waals surface area (Å²) >= 11 is 8.47. The van der Waals surface area contributed by atoms with Crippen LogP contribution in [0.15, 0.2) is 6.07 Å². The van der Waals surface area contributed by atoms with Gasteiger partial charge in [-0.05, 0) is 17.8 Å². The Morgan fingerprint density at radius 2 is 2.36 bits per heavy atom. The first-order valence-corrected chi connectivity index (χ1v) is 4.72. The predicted octanol–water partition coefficient (Wildman–Crippen LogP) is 1.73. The zero-order valence-corrected chi connectivity index (χ0v) is 9.48. The fourth-order valence-corrected chi connectivity index (χ4v) is 1.18. The molecule has 0 radical (unpaired) electrons. The highest BCUT2D eigenvalue weighted by molar-refractivity contribution is 9.12. The first-order valence-electron chi connectivity index (χ1n) is 3.55. The van der Waals surface area contributed by atoms with Crippen LogP contribution >= 0.6 is 27.5 Å². The van der Waals surface area contributed by atoms with E-state index in [1.165, 1.54) is 0 Å². The lowest BCUT2D eigenvalue weighted by atomic mass is 10.4. The topological polar surface area (TPSA) is 54.9 Å². The summed E-state index contributed by atoms with van der Waals surface area (Å²) in [6.45, 7) is 1.75. The van der Waals surface area contributed by atoms with Crippen molar-refractivity contribution in [2.75, 3.05) is 5.32 Å². The summed E-state index contributed by atoms with van der Waals surface area (Å²) in [4.78, 5) is 21.0. The first-order chi connectivity index (χ1) is 6.61. The highest BCUT2D eigenvalue weighted by Gasteiger charge is 2.02. The van der Waals surface area contributed by atoms with Gasteiger partial charge in [-0.15, -0.1) is 0 Å². The summed E-state index contributed by atoms with van der Waals surface area (Å²) < 4.78 is 0. The van der Waals surface area contributed by atoms with E-state index in [0.29, 0.717) is 5.69 Å². The molecular formula is C8H5BrClN3O. The largest absolute Gasteiger partial charge is 0.303 e. The van der Waals surface area contributed by atoms with Crippen molar-refractivity contribution in [3.63, 3.8) is 0 Å². The number of amides is 1. The molecule has 72 valence electrons. The maximum absolute atomic E-state index is 11.0. The third-order valence-corrected chi connectivity index (χ3v) is 1.60. The van der Waals surface area contributed by atoms with Crippen LogP contribution in [-0.2, 0) is 4.79 Å². The number of carbonyl (C=O) groups excluding carboxylic acids is 1. The van der Waals surface area contributed by atoms with Crippen LogP contribution in [0.3, 0.4) is 0 Å². The van der Waals surface area contributed by atoms with Gasteiger partial charge in [0.05, 0.1) is 0 Å². The van der Waals surface area contributed by atoms with Gasteiger partial charge < -0.3 is 0 Å². The number of halogens is 2. The van der Waals surface area contributed by atoms with Crippen LogP contribution in [0.5, 0.6) is 0 Å². The van der Waals surface area contributed by atoms with Crippen LogP contribution in [0.2, 0.25) is 5.15 Å². The molecule has 0 atom stereocenters. The van der Waals surface area contributed by atoms with Gasteiger partial charge in [0.2, 0.25) is 5.95 Å². The molecule has 0 fully saturated rings. The van der Waals surface area contributed by atoms with Crippen LogP contribution in [-0.4, -0.2) is 15.9 Å². The highest BCUT2D eigenvalue weighted by atomic mass is 79.9. The zero-order chi connectivity index (χ0) is 10.6. The summed E-state index contributed by atoms with van der Waals surface area (Å²) in [5.41, 5.74) is 0.673. The van der Waals surface area contributed by atoms with E-state index in [1.54, 1.807) is 13.0 Å². The second kappa shape index (κ2) is 4.94. The number of nitrogens with one attached hydrogen (secondary N) is 1. The molecule has 0 aliphatic heterocycles. The van der Waals surface area contributed by atoms with E-state index in [0.717, 1.165) is 0 Å². The molecule has 6 heteroatoms. The molecule has 0 aliphatic carbocycles. The van der Waals surface area contributed by atoms with Crippen LogP contribution < -0.4 is 5.32 Å². The summed E-state index contributed by atoms with van der Waals surface area (Å²) in [6.07, 6.45) is 0. The minimum absolute atomic E-state index is 0.148. The van der Waals surface area contributed by atoms with Crippen molar-refractivity contribution in [1.82, 2.24) is 9.97 Å². The summed E-state index contributed by atoms with van der Waals surface area (Å²) in [5.74, 6) is 1.88. The minimum atomic E-state index is -0.497. The Hall–Kier alpha value is -1.12. The van der Waals surface area contributed by atoms with Crippen LogP contribution in [0, 0.1) is 17.7 Å². The van der Waals surface area contributed by atoms with E-state index < -0.39 is 5.91 Å². The Balaban J connectivity index is 2.85. The Kier molecular flexibility index (Phi) is 3.86. The fraction of sp³-hybridized carbons (Fsp3) is 0.125. The molecule has 0 saturated heterocycles. The quantitative estimate of drug-likeness (QED) is 0.627. The number of hydrogen-bond donors (Lipinski definition) is 1. The van der Waals surface area contributed by atoms with Crippen molar-refractivity contribution in [1.29, 1.82) is 0 Å². The SMILES string of the molecule is Cc1cc(Cl)nc(NC(=O)C#CBr)n1. The Morgan fingerprint density at radius 3 is 2.93 bits per heavy atom. The molecule has 1 N–H and O–H groups in total. The first kappa shape index (κ1) is 11.0. The molecule has 1 aromatic heterocycles. The van der Waals surface area contributed by atoms with Crippen molar-refractivity contribution < 1.29 is 4.79 Å². The third kappa shape index (κ3) is 3.32. The normalized spacial score (nSPS) is 8.79. The number of hydrogen-bond acceptors (Lipinski definition) is 3. The van der Waals surface area contributed by atoms with Crippen molar-refractivity contribution in [2.24, 2.45) is 0 Å². The number of carbonyl (C=O) groups is 1. The molecule has 0 spiro atoms.